The molecule has 2 rings (SSSR count). The lowest BCUT2D eigenvalue weighted by Gasteiger charge is -1.98. The molecule has 2 aromatic carbocycles. The van der Waals surface area contributed by atoms with Crippen LogP contribution in [0.3, 0.4) is 0 Å². The lowest BCUT2D eigenvalue weighted by Crippen LogP contribution is -1.95. The zero-order valence-corrected chi connectivity index (χ0v) is 11.4. The summed E-state index contributed by atoms with van der Waals surface area (Å²) in [7, 11) is -3.41. The fourth-order valence-corrected chi connectivity index (χ4v) is 2.46. The van der Waals surface area contributed by atoms with Crippen LogP contribution in [0.2, 0.25) is 0 Å². The Labute approximate surface area is 113 Å². The lowest BCUT2D eigenvalue weighted by atomic mass is 10.2. The summed E-state index contributed by atoms with van der Waals surface area (Å²) >= 11 is 0. The molecule has 2 aromatic rings. The van der Waals surface area contributed by atoms with Gasteiger partial charge in [-0.1, -0.05) is 48.0 Å². The van der Waals surface area contributed by atoms with Gasteiger partial charge in [0.25, 0.3) is 0 Å². The third kappa shape index (κ3) is 3.68. The van der Waals surface area contributed by atoms with E-state index in [0.29, 0.717) is 0 Å². The molecule has 0 bridgehead atoms. The fraction of sp³-hybridized carbons (Fsp3) is 0.0625. The maximum atomic E-state index is 12.0. The van der Waals surface area contributed by atoms with Crippen LogP contribution in [0.5, 0.6) is 0 Å². The fourth-order valence-electron chi connectivity index (χ4n) is 1.57. The van der Waals surface area contributed by atoms with Gasteiger partial charge in [0.05, 0.1) is 10.3 Å². The van der Waals surface area contributed by atoms with Gasteiger partial charge in [-0.05, 0) is 30.7 Å². The molecule has 0 aliphatic heterocycles. The SMILES string of the molecule is Cc1ccc(S(=O)(=O)C=C=Cc2ccccc2)cc1. The summed E-state index contributed by atoms with van der Waals surface area (Å²) in [6.07, 6.45) is 1.64. The van der Waals surface area contributed by atoms with E-state index >= 15 is 0 Å². The zero-order valence-electron chi connectivity index (χ0n) is 10.6. The van der Waals surface area contributed by atoms with Crippen molar-refractivity contribution >= 4 is 15.9 Å². The summed E-state index contributed by atoms with van der Waals surface area (Å²) in [4.78, 5) is 0.284. The Morgan fingerprint density at radius 2 is 1.58 bits per heavy atom. The van der Waals surface area contributed by atoms with Gasteiger partial charge in [0.15, 0.2) is 0 Å². The van der Waals surface area contributed by atoms with Crippen molar-refractivity contribution in [2.45, 2.75) is 11.8 Å². The van der Waals surface area contributed by atoms with Gasteiger partial charge in [-0.15, -0.1) is 5.73 Å². The summed E-state index contributed by atoms with van der Waals surface area (Å²) in [5.74, 6) is 0. The van der Waals surface area contributed by atoms with E-state index in [9.17, 15) is 8.42 Å². The van der Waals surface area contributed by atoms with Crippen molar-refractivity contribution in [1.82, 2.24) is 0 Å². The predicted molar refractivity (Wildman–Crippen MR) is 77.4 cm³/mol. The molecule has 0 aliphatic carbocycles. The Morgan fingerprint density at radius 3 is 2.21 bits per heavy atom. The average Bonchev–Trinajstić information content (AvgIpc) is 2.40. The maximum Gasteiger partial charge on any atom is 0.207 e. The molecule has 0 fully saturated rings. The largest absolute Gasteiger partial charge is 0.218 e. The smallest absolute Gasteiger partial charge is 0.207 e. The number of sulfone groups is 1. The van der Waals surface area contributed by atoms with E-state index in [4.69, 9.17) is 0 Å². The second-order valence-electron chi connectivity index (χ2n) is 4.20. The normalized spacial score (nSPS) is 10.6. The Balaban J connectivity index is 2.27. The van der Waals surface area contributed by atoms with E-state index in [1.807, 2.05) is 37.3 Å². The predicted octanol–water partition coefficient (Wildman–Crippen LogP) is 3.59. The van der Waals surface area contributed by atoms with Gasteiger partial charge >= 0.3 is 0 Å². The first-order chi connectivity index (χ1) is 9.08. The van der Waals surface area contributed by atoms with Gasteiger partial charge in [0.1, 0.15) is 0 Å². The Hall–Kier alpha value is -2.09. The van der Waals surface area contributed by atoms with Gasteiger partial charge in [-0.3, -0.25) is 0 Å². The molecule has 0 spiro atoms. The van der Waals surface area contributed by atoms with Crippen molar-refractivity contribution in [2.75, 3.05) is 0 Å². The third-order valence-corrected chi connectivity index (χ3v) is 4.00. The van der Waals surface area contributed by atoms with Crippen LogP contribution in [0.15, 0.2) is 70.6 Å². The molecule has 0 aliphatic rings. The molecule has 0 aromatic heterocycles. The molecule has 3 heteroatoms. The number of hydrogen-bond donors (Lipinski definition) is 0. The monoisotopic (exact) mass is 270 g/mol. The molecular formula is C16H14O2S. The minimum absolute atomic E-state index is 0.284. The highest BCUT2D eigenvalue weighted by Crippen LogP contribution is 2.12. The first kappa shape index (κ1) is 13.3. The Kier molecular flexibility index (Phi) is 4.00. The zero-order chi connectivity index (χ0) is 13.7. The van der Waals surface area contributed by atoms with Crippen molar-refractivity contribution in [3.8, 4) is 0 Å². The van der Waals surface area contributed by atoms with Gasteiger partial charge in [-0.25, -0.2) is 8.42 Å². The van der Waals surface area contributed by atoms with E-state index < -0.39 is 9.84 Å². The summed E-state index contributed by atoms with van der Waals surface area (Å²) < 4.78 is 24.0. The summed E-state index contributed by atoms with van der Waals surface area (Å²) in [6.45, 7) is 1.92. The van der Waals surface area contributed by atoms with Crippen molar-refractivity contribution in [3.63, 3.8) is 0 Å². The van der Waals surface area contributed by atoms with E-state index in [2.05, 4.69) is 5.73 Å². The van der Waals surface area contributed by atoms with Crippen LogP contribution in [-0.4, -0.2) is 8.42 Å². The van der Waals surface area contributed by atoms with E-state index in [1.165, 1.54) is 0 Å². The molecule has 0 amide bonds. The molecule has 96 valence electrons. The van der Waals surface area contributed by atoms with Crippen LogP contribution < -0.4 is 0 Å². The molecular weight excluding hydrogens is 256 g/mol. The van der Waals surface area contributed by atoms with Gasteiger partial charge < -0.3 is 0 Å². The second kappa shape index (κ2) is 5.70. The highest BCUT2D eigenvalue weighted by Gasteiger charge is 2.08. The van der Waals surface area contributed by atoms with Crippen LogP contribution >= 0.6 is 0 Å². The number of hydrogen-bond acceptors (Lipinski definition) is 2. The van der Waals surface area contributed by atoms with Crippen molar-refractivity contribution in [1.29, 1.82) is 0 Å². The summed E-state index contributed by atoms with van der Waals surface area (Å²) in [6, 6.07) is 16.2. The minimum atomic E-state index is -3.41. The van der Waals surface area contributed by atoms with Crippen molar-refractivity contribution in [2.24, 2.45) is 0 Å². The first-order valence-corrected chi connectivity index (χ1v) is 7.42. The second-order valence-corrected chi connectivity index (χ2v) is 5.99. The van der Waals surface area contributed by atoms with Crippen LogP contribution in [0, 0.1) is 6.92 Å². The van der Waals surface area contributed by atoms with Crippen molar-refractivity contribution < 1.29 is 8.42 Å². The highest BCUT2D eigenvalue weighted by molar-refractivity contribution is 7.94. The van der Waals surface area contributed by atoms with Gasteiger partial charge in [0.2, 0.25) is 9.84 Å². The molecule has 0 radical (unpaired) electrons. The van der Waals surface area contributed by atoms with Crippen LogP contribution in [0.4, 0.5) is 0 Å². The topological polar surface area (TPSA) is 34.1 Å². The number of rotatable bonds is 3. The van der Waals surface area contributed by atoms with Crippen LogP contribution in [0.25, 0.3) is 6.08 Å². The standard InChI is InChI=1S/C16H14O2S/c1-14-9-11-16(12-10-14)19(17,18)13-5-8-15-6-3-2-4-7-15/h2-4,6-13H,1H3. The molecule has 0 unspecified atom stereocenters. The van der Waals surface area contributed by atoms with E-state index in [0.717, 1.165) is 16.5 Å². The molecule has 0 N–H and O–H groups in total. The number of aryl methyl sites for hydroxylation is 1. The molecule has 0 saturated carbocycles. The Morgan fingerprint density at radius 1 is 0.947 bits per heavy atom. The van der Waals surface area contributed by atoms with Crippen LogP contribution in [-0.2, 0) is 9.84 Å². The van der Waals surface area contributed by atoms with E-state index in [-0.39, 0.29) is 4.90 Å². The molecule has 0 saturated heterocycles. The Bertz CT molecular complexity index is 705. The average molecular weight is 270 g/mol. The lowest BCUT2D eigenvalue weighted by molar-refractivity contribution is 0.604. The van der Waals surface area contributed by atoms with Crippen LogP contribution in [0.1, 0.15) is 11.1 Å². The van der Waals surface area contributed by atoms with Gasteiger partial charge in [0, 0.05) is 0 Å². The highest BCUT2D eigenvalue weighted by atomic mass is 32.2. The molecule has 0 atom stereocenters. The summed E-state index contributed by atoms with van der Waals surface area (Å²) in [5.41, 5.74) is 4.66. The quantitative estimate of drug-likeness (QED) is 0.799. The van der Waals surface area contributed by atoms with Gasteiger partial charge in [-0.2, -0.15) is 0 Å². The number of benzene rings is 2. The molecule has 2 nitrogen and oxygen atoms in total. The molecule has 19 heavy (non-hydrogen) atoms. The third-order valence-electron chi connectivity index (χ3n) is 2.62. The maximum absolute atomic E-state index is 12.0. The molecule has 0 heterocycles. The summed E-state index contributed by atoms with van der Waals surface area (Å²) in [5, 5.41) is 1.10. The minimum Gasteiger partial charge on any atom is -0.218 e. The first-order valence-electron chi connectivity index (χ1n) is 5.87. The van der Waals surface area contributed by atoms with E-state index in [1.54, 1.807) is 30.3 Å². The van der Waals surface area contributed by atoms with Crippen molar-refractivity contribution in [3.05, 3.63) is 76.9 Å².